The van der Waals surface area contributed by atoms with Crippen molar-refractivity contribution in [1.82, 2.24) is 9.36 Å². The maximum Gasteiger partial charge on any atom is 0.389 e. The molecule has 0 bridgehead atoms. The lowest BCUT2D eigenvalue weighted by molar-refractivity contribution is -0.134. The van der Waals surface area contributed by atoms with Gasteiger partial charge in [0.2, 0.25) is 4.47 Å². The van der Waals surface area contributed by atoms with Crippen molar-refractivity contribution in [3.8, 4) is 0 Å². The molecule has 1 rings (SSSR count). The highest BCUT2D eigenvalue weighted by Crippen LogP contribution is 2.22. The fourth-order valence-corrected chi connectivity index (χ4v) is 1.25. The second kappa shape index (κ2) is 3.57. The second-order valence-electron chi connectivity index (χ2n) is 2.08. The Hall–Kier alpha value is -0.360. The molecule has 1 heterocycles. The molecule has 2 nitrogen and oxygen atoms in total. The van der Waals surface area contributed by atoms with Crippen molar-refractivity contribution < 1.29 is 13.2 Å². The zero-order valence-electron chi connectivity index (χ0n) is 5.73. The van der Waals surface area contributed by atoms with Crippen molar-refractivity contribution in [1.29, 1.82) is 0 Å². The molecular weight excluding hydrogens is 213 g/mol. The molecule has 0 amide bonds. The predicted octanol–water partition coefficient (Wildman–Crippen LogP) is 2.69. The van der Waals surface area contributed by atoms with Crippen molar-refractivity contribution in [2.24, 2.45) is 0 Å². The molecule has 0 aliphatic carbocycles. The number of rotatable bonds is 2. The molecule has 0 radical (unpaired) electrons. The van der Waals surface area contributed by atoms with Crippen molar-refractivity contribution in [3.63, 3.8) is 0 Å². The summed E-state index contributed by atoms with van der Waals surface area (Å²) in [6.45, 7) is 0. The van der Waals surface area contributed by atoms with Crippen LogP contribution in [0.25, 0.3) is 0 Å². The topological polar surface area (TPSA) is 25.8 Å². The molecule has 0 saturated heterocycles. The fourth-order valence-electron chi connectivity index (χ4n) is 0.588. The van der Waals surface area contributed by atoms with Crippen LogP contribution in [0, 0.1) is 0 Å². The summed E-state index contributed by atoms with van der Waals surface area (Å²) in [6.07, 6.45) is -5.26. The quantitative estimate of drug-likeness (QED) is 0.760. The summed E-state index contributed by atoms with van der Waals surface area (Å²) in [4.78, 5) is 3.59. The minimum absolute atomic E-state index is 0.155. The van der Waals surface area contributed by atoms with Crippen LogP contribution in [0.1, 0.15) is 12.2 Å². The van der Waals surface area contributed by atoms with Crippen LogP contribution in [-0.2, 0) is 6.42 Å². The third-order valence-electron chi connectivity index (χ3n) is 1.08. The predicted molar refractivity (Wildman–Crippen MR) is 39.3 cm³/mol. The molecule has 0 unspecified atom stereocenters. The first kappa shape index (κ1) is 9.73. The van der Waals surface area contributed by atoms with Crippen molar-refractivity contribution in [2.45, 2.75) is 19.0 Å². The Labute approximate surface area is 75.5 Å². The first-order valence-electron chi connectivity index (χ1n) is 3.02. The number of halogens is 4. The average molecular weight is 217 g/mol. The van der Waals surface area contributed by atoms with Crippen LogP contribution in [0.5, 0.6) is 0 Å². The standard InChI is InChI=1S/C5H4ClF3N2S/c6-4-10-3(11-12-4)1-2-5(7,8)9/h1-2H2. The van der Waals surface area contributed by atoms with Gasteiger partial charge in [0, 0.05) is 6.42 Å². The van der Waals surface area contributed by atoms with E-state index in [1.54, 1.807) is 0 Å². The lowest BCUT2D eigenvalue weighted by Gasteiger charge is -2.02. The lowest BCUT2D eigenvalue weighted by atomic mass is 10.3. The molecule has 0 aliphatic rings. The van der Waals surface area contributed by atoms with Crippen LogP contribution in [0.15, 0.2) is 0 Å². The van der Waals surface area contributed by atoms with E-state index in [1.807, 2.05) is 0 Å². The van der Waals surface area contributed by atoms with Gasteiger partial charge < -0.3 is 0 Å². The Balaban J connectivity index is 2.44. The zero-order valence-corrected chi connectivity index (χ0v) is 7.30. The minimum Gasteiger partial charge on any atom is -0.208 e. The number of hydrogen-bond donors (Lipinski definition) is 0. The van der Waals surface area contributed by atoms with Crippen LogP contribution in [-0.4, -0.2) is 15.5 Å². The lowest BCUT2D eigenvalue weighted by Crippen LogP contribution is -2.09. The van der Waals surface area contributed by atoms with Gasteiger partial charge in [0.05, 0.1) is 6.42 Å². The van der Waals surface area contributed by atoms with Gasteiger partial charge >= 0.3 is 6.18 Å². The molecule has 0 N–H and O–H groups in total. The summed E-state index contributed by atoms with van der Waals surface area (Å²) in [5.74, 6) is 0.155. The van der Waals surface area contributed by atoms with Gasteiger partial charge in [0.25, 0.3) is 0 Å². The van der Waals surface area contributed by atoms with E-state index in [-0.39, 0.29) is 16.7 Å². The monoisotopic (exact) mass is 216 g/mol. The maximum atomic E-state index is 11.7. The molecule has 0 aromatic carbocycles. The summed E-state index contributed by atoms with van der Waals surface area (Å²) >= 11 is 6.27. The zero-order chi connectivity index (χ0) is 9.19. The number of hydrogen-bond acceptors (Lipinski definition) is 3. The molecule has 68 valence electrons. The molecule has 1 aromatic rings. The van der Waals surface area contributed by atoms with E-state index >= 15 is 0 Å². The summed E-state index contributed by atoms with van der Waals surface area (Å²) in [6, 6.07) is 0. The van der Waals surface area contributed by atoms with Gasteiger partial charge in [0.15, 0.2) is 0 Å². The fraction of sp³-hybridized carbons (Fsp3) is 0.600. The van der Waals surface area contributed by atoms with Gasteiger partial charge in [-0.3, -0.25) is 0 Å². The number of aromatic nitrogens is 2. The van der Waals surface area contributed by atoms with Gasteiger partial charge in [-0.25, -0.2) is 4.98 Å². The number of aryl methyl sites for hydroxylation is 1. The average Bonchev–Trinajstić information content (AvgIpc) is 2.30. The van der Waals surface area contributed by atoms with Crippen LogP contribution >= 0.6 is 23.1 Å². The van der Waals surface area contributed by atoms with Crippen LogP contribution in [0.3, 0.4) is 0 Å². The largest absolute Gasteiger partial charge is 0.389 e. The Morgan fingerprint density at radius 3 is 2.50 bits per heavy atom. The van der Waals surface area contributed by atoms with E-state index in [1.165, 1.54) is 0 Å². The molecule has 0 fully saturated rings. The van der Waals surface area contributed by atoms with E-state index in [9.17, 15) is 13.2 Å². The first-order valence-corrected chi connectivity index (χ1v) is 4.17. The van der Waals surface area contributed by atoms with E-state index in [0.29, 0.717) is 0 Å². The van der Waals surface area contributed by atoms with Crippen molar-refractivity contribution in [3.05, 3.63) is 10.3 Å². The van der Waals surface area contributed by atoms with Crippen LogP contribution in [0.4, 0.5) is 13.2 Å². The first-order chi connectivity index (χ1) is 5.47. The maximum absolute atomic E-state index is 11.7. The SMILES string of the molecule is FC(F)(F)CCc1nsc(Cl)n1. The van der Waals surface area contributed by atoms with Gasteiger partial charge in [-0.05, 0) is 23.1 Å². The Kier molecular flexibility index (Phi) is 2.89. The summed E-state index contributed by atoms with van der Waals surface area (Å²) in [5.41, 5.74) is 0. The minimum atomic E-state index is -4.15. The van der Waals surface area contributed by atoms with E-state index < -0.39 is 12.6 Å². The molecule has 0 spiro atoms. The number of alkyl halides is 3. The van der Waals surface area contributed by atoms with E-state index in [0.717, 1.165) is 11.5 Å². The van der Waals surface area contributed by atoms with Gasteiger partial charge in [0.1, 0.15) is 5.82 Å². The van der Waals surface area contributed by atoms with Crippen LogP contribution in [0.2, 0.25) is 4.47 Å². The molecule has 0 saturated carbocycles. The molecular formula is C5H4ClF3N2S. The number of nitrogens with zero attached hydrogens (tertiary/aromatic N) is 2. The highest BCUT2D eigenvalue weighted by Gasteiger charge is 2.27. The normalized spacial score (nSPS) is 12.0. The summed E-state index contributed by atoms with van der Waals surface area (Å²) in [7, 11) is 0. The van der Waals surface area contributed by atoms with Crippen LogP contribution < -0.4 is 0 Å². The smallest absolute Gasteiger partial charge is 0.208 e. The highest BCUT2D eigenvalue weighted by atomic mass is 35.5. The van der Waals surface area contributed by atoms with Gasteiger partial charge in [-0.2, -0.15) is 17.5 Å². The van der Waals surface area contributed by atoms with Crippen molar-refractivity contribution >= 4 is 23.1 Å². The second-order valence-corrected chi connectivity index (χ2v) is 3.41. The van der Waals surface area contributed by atoms with Gasteiger partial charge in [-0.1, -0.05) is 0 Å². The van der Waals surface area contributed by atoms with E-state index in [2.05, 4.69) is 9.36 Å². The third-order valence-corrected chi connectivity index (χ3v) is 1.91. The molecule has 1 aromatic heterocycles. The Morgan fingerprint density at radius 2 is 2.08 bits per heavy atom. The summed E-state index contributed by atoms with van der Waals surface area (Å²) in [5, 5.41) is 0. The van der Waals surface area contributed by atoms with Gasteiger partial charge in [-0.15, -0.1) is 0 Å². The third kappa shape index (κ3) is 3.36. The molecule has 0 aliphatic heterocycles. The van der Waals surface area contributed by atoms with Crippen molar-refractivity contribution in [2.75, 3.05) is 0 Å². The highest BCUT2D eigenvalue weighted by molar-refractivity contribution is 7.10. The van der Waals surface area contributed by atoms with E-state index in [4.69, 9.17) is 11.6 Å². The summed E-state index contributed by atoms with van der Waals surface area (Å²) < 4.78 is 38.8. The Bertz CT molecular complexity index is 259. The molecule has 0 atom stereocenters. The molecule has 7 heteroatoms. The molecule has 12 heavy (non-hydrogen) atoms. The Morgan fingerprint density at radius 1 is 1.42 bits per heavy atom.